The minimum atomic E-state index is -4.44. The molecular weight excluding hydrogens is 474 g/mol. The molecule has 0 fully saturated rings. The number of hydrogen-bond donors (Lipinski definition) is 1. The maximum Gasteiger partial charge on any atom is 0.416 e. The van der Waals surface area contributed by atoms with Gasteiger partial charge in [-0.25, -0.2) is 14.1 Å². The summed E-state index contributed by atoms with van der Waals surface area (Å²) < 4.78 is 56.4. The number of para-hydroxylation sites is 1. The number of rotatable bonds is 5. The zero-order chi connectivity index (χ0) is 25.4. The predicted octanol–water partition coefficient (Wildman–Crippen LogP) is 5.50. The van der Waals surface area contributed by atoms with Gasteiger partial charge in [0.15, 0.2) is 11.6 Å². The summed E-state index contributed by atoms with van der Waals surface area (Å²) in [5.41, 5.74) is 1.36. The highest BCUT2D eigenvalue weighted by Gasteiger charge is 2.30. The standard InChI is InChI=1S/C26H19F4N5O/c1-31-25-23(27)17(10-12-32-25)15-34-13-11-16(14-22(34)36)24-20-4-2-3-5-21(20)35(33-24)19-8-6-18(7-9-19)26(28,29)30/h2-14H,15H2,1H3,(H,31,32). The van der Waals surface area contributed by atoms with Gasteiger partial charge >= 0.3 is 6.18 Å². The monoisotopic (exact) mass is 493 g/mol. The molecule has 0 saturated carbocycles. The summed E-state index contributed by atoms with van der Waals surface area (Å²) in [7, 11) is 1.56. The quantitative estimate of drug-likeness (QED) is 0.329. The van der Waals surface area contributed by atoms with Crippen molar-refractivity contribution in [3.05, 3.63) is 106 Å². The summed E-state index contributed by atoms with van der Waals surface area (Å²) in [5.74, 6) is -0.435. The Morgan fingerprint density at radius 3 is 2.44 bits per heavy atom. The Hall–Kier alpha value is -4.47. The van der Waals surface area contributed by atoms with Crippen molar-refractivity contribution in [2.24, 2.45) is 0 Å². The van der Waals surface area contributed by atoms with E-state index in [9.17, 15) is 22.4 Å². The van der Waals surface area contributed by atoms with E-state index in [1.54, 1.807) is 36.1 Å². The molecule has 0 aliphatic rings. The Balaban J connectivity index is 1.54. The summed E-state index contributed by atoms with van der Waals surface area (Å²) in [6.45, 7) is 0.0168. The van der Waals surface area contributed by atoms with Crippen LogP contribution in [0.5, 0.6) is 0 Å². The normalized spacial score (nSPS) is 11.7. The topological polar surface area (TPSA) is 64.7 Å². The highest BCUT2D eigenvalue weighted by molar-refractivity contribution is 5.94. The minimum absolute atomic E-state index is 0.0168. The third-order valence-electron chi connectivity index (χ3n) is 5.84. The molecule has 0 unspecified atom stereocenters. The fraction of sp³-hybridized carbons (Fsp3) is 0.115. The van der Waals surface area contributed by atoms with Crippen molar-refractivity contribution >= 4 is 16.7 Å². The number of nitrogens with zero attached hydrogens (tertiary/aromatic N) is 4. The number of nitrogens with one attached hydrogen (secondary N) is 1. The van der Waals surface area contributed by atoms with E-state index in [2.05, 4.69) is 15.4 Å². The van der Waals surface area contributed by atoms with Gasteiger partial charge < -0.3 is 9.88 Å². The SMILES string of the molecule is CNc1nccc(Cn2ccc(-c3nn(-c4ccc(C(F)(F)F)cc4)c4ccccc34)cc2=O)c1F. The van der Waals surface area contributed by atoms with Crippen LogP contribution in [0.1, 0.15) is 11.1 Å². The van der Waals surface area contributed by atoms with Gasteiger partial charge in [0, 0.05) is 42.0 Å². The highest BCUT2D eigenvalue weighted by atomic mass is 19.4. The van der Waals surface area contributed by atoms with Crippen molar-refractivity contribution in [2.75, 3.05) is 12.4 Å². The van der Waals surface area contributed by atoms with Gasteiger partial charge in [-0.15, -0.1) is 0 Å². The Bertz CT molecular complexity index is 1620. The summed E-state index contributed by atoms with van der Waals surface area (Å²) in [5, 5.41) is 8.02. The second-order valence-electron chi connectivity index (χ2n) is 8.09. The van der Waals surface area contributed by atoms with Crippen molar-refractivity contribution in [1.29, 1.82) is 0 Å². The van der Waals surface area contributed by atoms with E-state index in [4.69, 9.17) is 0 Å². The molecule has 0 aliphatic carbocycles. The van der Waals surface area contributed by atoms with Gasteiger partial charge in [-0.1, -0.05) is 18.2 Å². The van der Waals surface area contributed by atoms with Crippen molar-refractivity contribution in [3.63, 3.8) is 0 Å². The van der Waals surface area contributed by atoms with Gasteiger partial charge in [0.1, 0.15) is 5.69 Å². The van der Waals surface area contributed by atoms with Crippen molar-refractivity contribution in [2.45, 2.75) is 12.7 Å². The van der Waals surface area contributed by atoms with Gasteiger partial charge in [0.2, 0.25) is 0 Å². The lowest BCUT2D eigenvalue weighted by Crippen LogP contribution is -2.20. The molecule has 1 N–H and O–H groups in total. The number of alkyl halides is 3. The first-order valence-corrected chi connectivity index (χ1v) is 10.9. The number of pyridine rings is 2. The van der Waals surface area contributed by atoms with Crippen molar-refractivity contribution in [3.8, 4) is 16.9 Å². The lowest BCUT2D eigenvalue weighted by atomic mass is 10.1. The number of aromatic nitrogens is 4. The summed E-state index contributed by atoms with van der Waals surface area (Å²) in [6.07, 6.45) is -1.42. The van der Waals surface area contributed by atoms with Crippen LogP contribution in [0, 0.1) is 5.82 Å². The molecule has 0 amide bonds. The van der Waals surface area contributed by atoms with Gasteiger partial charge in [-0.3, -0.25) is 4.79 Å². The van der Waals surface area contributed by atoms with Crippen LogP contribution in [0.15, 0.2) is 83.9 Å². The predicted molar refractivity (Wildman–Crippen MR) is 129 cm³/mol. The highest BCUT2D eigenvalue weighted by Crippen LogP contribution is 2.32. The number of hydrogen-bond acceptors (Lipinski definition) is 4. The Labute approximate surface area is 202 Å². The van der Waals surface area contributed by atoms with E-state index in [1.165, 1.54) is 35.0 Å². The van der Waals surface area contributed by atoms with Crippen LogP contribution in [-0.4, -0.2) is 26.4 Å². The molecule has 3 aromatic heterocycles. The fourth-order valence-corrected chi connectivity index (χ4v) is 4.02. The molecule has 2 aromatic carbocycles. The second-order valence-corrected chi connectivity index (χ2v) is 8.09. The van der Waals surface area contributed by atoms with Crippen LogP contribution in [0.2, 0.25) is 0 Å². The first kappa shape index (κ1) is 23.3. The maximum atomic E-state index is 14.5. The van der Waals surface area contributed by atoms with Crippen molar-refractivity contribution < 1.29 is 17.6 Å². The average Bonchev–Trinajstić information content (AvgIpc) is 3.26. The Morgan fingerprint density at radius 1 is 1.00 bits per heavy atom. The number of fused-ring (bicyclic) bond motifs is 1. The third-order valence-corrected chi connectivity index (χ3v) is 5.84. The first-order chi connectivity index (χ1) is 17.3. The number of halogens is 4. The summed E-state index contributed by atoms with van der Waals surface area (Å²) >= 11 is 0. The summed E-state index contributed by atoms with van der Waals surface area (Å²) in [4.78, 5) is 16.8. The molecule has 3 heterocycles. The molecule has 0 aliphatic heterocycles. The molecular formula is C26H19F4N5O. The number of anilines is 1. The van der Waals surface area contributed by atoms with E-state index in [1.807, 2.05) is 12.1 Å². The molecule has 0 atom stereocenters. The molecule has 6 nitrogen and oxygen atoms in total. The van der Waals surface area contributed by atoms with Gasteiger partial charge in [0.05, 0.1) is 23.3 Å². The Kier molecular flexibility index (Phi) is 5.79. The zero-order valence-electron chi connectivity index (χ0n) is 18.9. The molecule has 0 bridgehead atoms. The van der Waals surface area contributed by atoms with Crippen LogP contribution in [-0.2, 0) is 12.7 Å². The molecule has 10 heteroatoms. The largest absolute Gasteiger partial charge is 0.416 e. The smallest absolute Gasteiger partial charge is 0.371 e. The molecule has 5 aromatic rings. The molecule has 5 rings (SSSR count). The fourth-order valence-electron chi connectivity index (χ4n) is 4.02. The Morgan fingerprint density at radius 2 is 1.75 bits per heavy atom. The average molecular weight is 493 g/mol. The lowest BCUT2D eigenvalue weighted by Gasteiger charge is -2.10. The van der Waals surface area contributed by atoms with Gasteiger partial charge in [-0.05, 0) is 42.5 Å². The van der Waals surface area contributed by atoms with E-state index < -0.39 is 17.6 Å². The van der Waals surface area contributed by atoms with E-state index >= 15 is 0 Å². The zero-order valence-corrected chi connectivity index (χ0v) is 18.9. The van der Waals surface area contributed by atoms with Crippen LogP contribution >= 0.6 is 0 Å². The third kappa shape index (κ3) is 4.21. The van der Waals surface area contributed by atoms with Crippen LogP contribution in [0.25, 0.3) is 27.8 Å². The lowest BCUT2D eigenvalue weighted by molar-refractivity contribution is -0.137. The number of benzene rings is 2. The van der Waals surface area contributed by atoms with Gasteiger partial charge in [0.25, 0.3) is 5.56 Å². The van der Waals surface area contributed by atoms with Gasteiger partial charge in [-0.2, -0.15) is 18.3 Å². The molecule has 36 heavy (non-hydrogen) atoms. The maximum absolute atomic E-state index is 14.5. The summed E-state index contributed by atoms with van der Waals surface area (Å²) in [6, 6.07) is 16.6. The van der Waals surface area contributed by atoms with Crippen LogP contribution in [0.3, 0.4) is 0 Å². The van der Waals surface area contributed by atoms with E-state index in [0.29, 0.717) is 28.0 Å². The van der Waals surface area contributed by atoms with Crippen LogP contribution in [0.4, 0.5) is 23.4 Å². The minimum Gasteiger partial charge on any atom is -0.371 e. The van der Waals surface area contributed by atoms with E-state index in [-0.39, 0.29) is 17.9 Å². The second kappa shape index (κ2) is 8.95. The van der Waals surface area contributed by atoms with Crippen LogP contribution < -0.4 is 10.9 Å². The molecule has 182 valence electrons. The van der Waals surface area contributed by atoms with Crippen molar-refractivity contribution in [1.82, 2.24) is 19.3 Å². The molecule has 0 saturated heterocycles. The molecule has 0 radical (unpaired) electrons. The van der Waals surface area contributed by atoms with E-state index in [0.717, 1.165) is 17.5 Å². The first-order valence-electron chi connectivity index (χ1n) is 10.9. The molecule has 0 spiro atoms.